The van der Waals surface area contributed by atoms with E-state index in [1.165, 1.54) is 6.42 Å². The Kier molecular flexibility index (Phi) is 2.77. The predicted octanol–water partition coefficient (Wildman–Crippen LogP) is 1.43. The van der Waals surface area contributed by atoms with Crippen molar-refractivity contribution < 1.29 is 9.53 Å². The van der Waals surface area contributed by atoms with Gasteiger partial charge in [0.25, 0.3) is 0 Å². The fraction of sp³-hybridized carbons (Fsp3) is 0.909. The molecule has 0 saturated carbocycles. The van der Waals surface area contributed by atoms with Crippen molar-refractivity contribution in [1.29, 1.82) is 0 Å². The van der Waals surface area contributed by atoms with Crippen LogP contribution in [0.15, 0.2) is 0 Å². The molecule has 2 aliphatic rings. The lowest BCUT2D eigenvalue weighted by Gasteiger charge is -2.33. The zero-order chi connectivity index (χ0) is 10.0. The number of nitrogens with zero attached hydrogens (tertiary/aromatic N) is 1. The molecule has 0 N–H and O–H groups in total. The molecule has 1 spiro atoms. The van der Waals surface area contributed by atoms with Crippen molar-refractivity contribution in [2.75, 3.05) is 26.3 Å². The summed E-state index contributed by atoms with van der Waals surface area (Å²) in [7, 11) is 0. The van der Waals surface area contributed by atoms with Crippen LogP contribution in [-0.4, -0.2) is 37.1 Å². The summed E-state index contributed by atoms with van der Waals surface area (Å²) in [5.41, 5.74) is 0.406. The normalized spacial score (nSPS) is 25.6. The van der Waals surface area contributed by atoms with E-state index in [1.54, 1.807) is 0 Å². The van der Waals surface area contributed by atoms with Crippen LogP contribution in [-0.2, 0) is 9.53 Å². The molecule has 0 aliphatic carbocycles. The molecule has 0 unspecified atom stereocenters. The maximum Gasteiger partial charge on any atom is 0.222 e. The van der Waals surface area contributed by atoms with Crippen LogP contribution in [0, 0.1) is 5.41 Å². The lowest BCUT2D eigenvalue weighted by atomic mass is 9.80. The third kappa shape index (κ3) is 1.78. The number of rotatable bonds is 1. The first-order valence-corrected chi connectivity index (χ1v) is 5.61. The monoisotopic (exact) mass is 197 g/mol. The van der Waals surface area contributed by atoms with Crippen molar-refractivity contribution in [3.63, 3.8) is 0 Å². The van der Waals surface area contributed by atoms with Gasteiger partial charge < -0.3 is 9.64 Å². The van der Waals surface area contributed by atoms with Crippen molar-refractivity contribution in [1.82, 2.24) is 4.90 Å². The molecule has 80 valence electrons. The van der Waals surface area contributed by atoms with Gasteiger partial charge in [0.15, 0.2) is 0 Å². The topological polar surface area (TPSA) is 29.5 Å². The lowest BCUT2D eigenvalue weighted by Crippen LogP contribution is -2.35. The number of carbonyl (C=O) groups is 1. The number of amides is 1. The van der Waals surface area contributed by atoms with Gasteiger partial charge in [-0.2, -0.15) is 0 Å². The summed E-state index contributed by atoms with van der Waals surface area (Å²) in [5, 5.41) is 0. The highest BCUT2D eigenvalue weighted by molar-refractivity contribution is 5.76. The minimum Gasteiger partial charge on any atom is -0.381 e. The summed E-state index contributed by atoms with van der Waals surface area (Å²) >= 11 is 0. The molecule has 1 amide bonds. The predicted molar refractivity (Wildman–Crippen MR) is 54.0 cm³/mol. The summed E-state index contributed by atoms with van der Waals surface area (Å²) in [6, 6.07) is 0. The Bertz CT molecular complexity index is 221. The molecular formula is C11H19NO2. The first-order chi connectivity index (χ1) is 6.76. The molecule has 2 fully saturated rings. The second-order valence-corrected chi connectivity index (χ2v) is 4.53. The molecule has 0 aromatic carbocycles. The molecule has 2 saturated heterocycles. The van der Waals surface area contributed by atoms with Crippen LogP contribution >= 0.6 is 0 Å². The van der Waals surface area contributed by atoms with Gasteiger partial charge in [-0.1, -0.05) is 6.92 Å². The van der Waals surface area contributed by atoms with Crippen LogP contribution in [0.25, 0.3) is 0 Å². The van der Waals surface area contributed by atoms with Crippen molar-refractivity contribution in [2.45, 2.75) is 32.6 Å². The Morgan fingerprint density at radius 1 is 1.36 bits per heavy atom. The van der Waals surface area contributed by atoms with E-state index >= 15 is 0 Å². The zero-order valence-corrected chi connectivity index (χ0v) is 8.92. The van der Waals surface area contributed by atoms with E-state index < -0.39 is 0 Å². The standard InChI is InChI=1S/C11H19NO2/c1-2-10(13)12-6-3-11(9-12)4-7-14-8-5-11/h2-9H2,1H3. The zero-order valence-electron chi connectivity index (χ0n) is 8.92. The first kappa shape index (κ1) is 9.97. The van der Waals surface area contributed by atoms with Gasteiger partial charge in [-0.05, 0) is 24.7 Å². The van der Waals surface area contributed by atoms with Crippen LogP contribution < -0.4 is 0 Å². The fourth-order valence-electron chi connectivity index (χ4n) is 2.58. The SMILES string of the molecule is CCC(=O)N1CCC2(CCOCC2)C1. The average molecular weight is 197 g/mol. The van der Waals surface area contributed by atoms with Crippen LogP contribution in [0.2, 0.25) is 0 Å². The van der Waals surface area contributed by atoms with Gasteiger partial charge in [0.05, 0.1) is 0 Å². The lowest BCUT2D eigenvalue weighted by molar-refractivity contribution is -0.130. The summed E-state index contributed by atoms with van der Waals surface area (Å²) in [6.07, 6.45) is 4.11. The largest absolute Gasteiger partial charge is 0.381 e. The minimum absolute atomic E-state index is 0.313. The van der Waals surface area contributed by atoms with Gasteiger partial charge in [0.1, 0.15) is 0 Å². The number of hydrogen-bond donors (Lipinski definition) is 0. The van der Waals surface area contributed by atoms with Crippen molar-refractivity contribution in [3.05, 3.63) is 0 Å². The molecule has 0 bridgehead atoms. The maximum absolute atomic E-state index is 11.5. The van der Waals surface area contributed by atoms with Gasteiger partial charge in [0.2, 0.25) is 5.91 Å². The Morgan fingerprint density at radius 3 is 2.71 bits per heavy atom. The summed E-state index contributed by atoms with van der Waals surface area (Å²) in [4.78, 5) is 13.6. The van der Waals surface area contributed by atoms with E-state index in [4.69, 9.17) is 4.74 Å². The third-order valence-electron chi connectivity index (χ3n) is 3.65. The molecule has 0 radical (unpaired) electrons. The molecule has 2 aliphatic heterocycles. The van der Waals surface area contributed by atoms with E-state index in [-0.39, 0.29) is 0 Å². The molecular weight excluding hydrogens is 178 g/mol. The van der Waals surface area contributed by atoms with E-state index in [2.05, 4.69) is 0 Å². The Labute approximate surface area is 85.4 Å². The third-order valence-corrected chi connectivity index (χ3v) is 3.65. The number of ether oxygens (including phenoxy) is 1. The average Bonchev–Trinajstić information content (AvgIpc) is 2.62. The first-order valence-electron chi connectivity index (χ1n) is 5.61. The molecule has 0 aromatic heterocycles. The van der Waals surface area contributed by atoms with Crippen LogP contribution in [0.1, 0.15) is 32.6 Å². The van der Waals surface area contributed by atoms with Crippen molar-refractivity contribution >= 4 is 5.91 Å². The molecule has 2 heterocycles. The molecule has 0 aromatic rings. The highest BCUT2D eigenvalue weighted by atomic mass is 16.5. The highest BCUT2D eigenvalue weighted by Crippen LogP contribution is 2.39. The number of hydrogen-bond acceptors (Lipinski definition) is 2. The smallest absolute Gasteiger partial charge is 0.222 e. The van der Waals surface area contributed by atoms with Crippen molar-refractivity contribution in [3.8, 4) is 0 Å². The van der Waals surface area contributed by atoms with E-state index in [0.29, 0.717) is 17.7 Å². The van der Waals surface area contributed by atoms with Gasteiger partial charge in [0, 0.05) is 32.7 Å². The maximum atomic E-state index is 11.5. The van der Waals surface area contributed by atoms with Crippen LogP contribution in [0.3, 0.4) is 0 Å². The molecule has 0 atom stereocenters. The fourth-order valence-corrected chi connectivity index (χ4v) is 2.58. The van der Waals surface area contributed by atoms with Crippen molar-refractivity contribution in [2.24, 2.45) is 5.41 Å². The summed E-state index contributed by atoms with van der Waals surface area (Å²) < 4.78 is 5.37. The van der Waals surface area contributed by atoms with Gasteiger partial charge >= 0.3 is 0 Å². The Morgan fingerprint density at radius 2 is 2.07 bits per heavy atom. The summed E-state index contributed by atoms with van der Waals surface area (Å²) in [6.45, 7) is 5.65. The second-order valence-electron chi connectivity index (χ2n) is 4.53. The quantitative estimate of drug-likeness (QED) is 0.636. The molecule has 2 rings (SSSR count). The molecule has 3 heteroatoms. The van der Waals surface area contributed by atoms with E-state index in [0.717, 1.165) is 39.1 Å². The van der Waals surface area contributed by atoms with Crippen LogP contribution in [0.5, 0.6) is 0 Å². The van der Waals surface area contributed by atoms with E-state index in [9.17, 15) is 4.79 Å². The van der Waals surface area contributed by atoms with Crippen LogP contribution in [0.4, 0.5) is 0 Å². The van der Waals surface area contributed by atoms with Gasteiger partial charge in [-0.15, -0.1) is 0 Å². The number of carbonyl (C=O) groups excluding carboxylic acids is 1. The van der Waals surface area contributed by atoms with E-state index in [1.807, 2.05) is 11.8 Å². The Balaban J connectivity index is 1.95. The minimum atomic E-state index is 0.313. The molecule has 3 nitrogen and oxygen atoms in total. The highest BCUT2D eigenvalue weighted by Gasteiger charge is 2.40. The Hall–Kier alpha value is -0.570. The molecule has 14 heavy (non-hydrogen) atoms. The number of likely N-dealkylation sites (tertiary alicyclic amines) is 1. The second kappa shape index (κ2) is 3.89. The van der Waals surface area contributed by atoms with Gasteiger partial charge in [-0.25, -0.2) is 0 Å². The van der Waals surface area contributed by atoms with Gasteiger partial charge in [-0.3, -0.25) is 4.79 Å². The summed E-state index contributed by atoms with van der Waals surface area (Å²) in [5.74, 6) is 0.313.